The van der Waals surface area contributed by atoms with Gasteiger partial charge in [-0.2, -0.15) is 0 Å². The maximum Gasteiger partial charge on any atom is 0.306 e. The summed E-state index contributed by atoms with van der Waals surface area (Å²) in [6, 6.07) is 7.99. The van der Waals surface area contributed by atoms with E-state index in [0.29, 0.717) is 11.8 Å². The molecule has 0 radical (unpaired) electrons. The summed E-state index contributed by atoms with van der Waals surface area (Å²) in [5, 5.41) is 0.762. The van der Waals surface area contributed by atoms with E-state index in [2.05, 4.69) is 21.8 Å². The van der Waals surface area contributed by atoms with Gasteiger partial charge in [0.05, 0.1) is 13.5 Å². The minimum absolute atomic E-state index is 0.0686. The highest BCUT2D eigenvalue weighted by molar-refractivity contribution is 6.30. The van der Waals surface area contributed by atoms with Crippen molar-refractivity contribution in [3.8, 4) is 0 Å². The number of rotatable bonds is 5. The maximum atomic E-state index is 12.2. The summed E-state index contributed by atoms with van der Waals surface area (Å²) in [5.41, 5.74) is 1.27. The molecule has 0 unspecified atom stereocenters. The second-order valence-electron chi connectivity index (χ2n) is 6.72. The minimum Gasteiger partial charge on any atom is -0.469 e. The van der Waals surface area contributed by atoms with Gasteiger partial charge >= 0.3 is 5.97 Å². The molecule has 130 valence electrons. The summed E-state index contributed by atoms with van der Waals surface area (Å²) in [6.07, 6.45) is 0.421. The van der Waals surface area contributed by atoms with Crippen LogP contribution in [0.4, 0.5) is 0 Å². The standard InChI is InChI=1S/C18H23ClN2O3/c1-24-18(23)7-6-17(22)21-11-14-9-20(10-15(14)12-21)8-13-2-4-16(19)5-3-13/h2-5,14-15H,6-12H2,1H3/t14-,15-/m1/s1. The Balaban J connectivity index is 1.46. The second kappa shape index (κ2) is 7.53. The van der Waals surface area contributed by atoms with Crippen LogP contribution in [0.25, 0.3) is 0 Å². The number of hydrogen-bond acceptors (Lipinski definition) is 4. The van der Waals surface area contributed by atoms with Crippen LogP contribution in [0.15, 0.2) is 24.3 Å². The van der Waals surface area contributed by atoms with Gasteiger partial charge in [0.1, 0.15) is 0 Å². The molecule has 1 amide bonds. The Labute approximate surface area is 147 Å². The predicted molar refractivity (Wildman–Crippen MR) is 91.5 cm³/mol. The van der Waals surface area contributed by atoms with Gasteiger partial charge in [-0.1, -0.05) is 23.7 Å². The molecule has 0 aromatic heterocycles. The van der Waals surface area contributed by atoms with E-state index in [9.17, 15) is 9.59 Å². The number of carbonyl (C=O) groups excluding carboxylic acids is 2. The Bertz CT molecular complexity index is 591. The summed E-state index contributed by atoms with van der Waals surface area (Å²) in [5.74, 6) is 0.828. The van der Waals surface area contributed by atoms with Crippen LogP contribution in [-0.2, 0) is 20.9 Å². The Kier molecular flexibility index (Phi) is 5.41. The molecular weight excluding hydrogens is 328 g/mol. The van der Waals surface area contributed by atoms with Crippen LogP contribution in [-0.4, -0.2) is 55.0 Å². The van der Waals surface area contributed by atoms with Gasteiger partial charge < -0.3 is 9.64 Å². The lowest BCUT2D eigenvalue weighted by atomic mass is 10.0. The molecule has 0 spiro atoms. The molecule has 1 aromatic carbocycles. The van der Waals surface area contributed by atoms with E-state index in [-0.39, 0.29) is 24.7 Å². The van der Waals surface area contributed by atoms with Crippen molar-refractivity contribution >= 4 is 23.5 Å². The van der Waals surface area contributed by atoms with Gasteiger partial charge in [0.15, 0.2) is 0 Å². The molecule has 2 atom stereocenters. The van der Waals surface area contributed by atoms with Gasteiger partial charge in [-0.3, -0.25) is 14.5 Å². The number of methoxy groups -OCH3 is 1. The van der Waals surface area contributed by atoms with Crippen molar-refractivity contribution < 1.29 is 14.3 Å². The lowest BCUT2D eigenvalue weighted by Gasteiger charge is -2.21. The zero-order valence-corrected chi connectivity index (χ0v) is 14.7. The summed E-state index contributed by atoms with van der Waals surface area (Å²) >= 11 is 5.93. The average Bonchev–Trinajstić information content (AvgIpc) is 3.12. The molecule has 2 fully saturated rings. The van der Waals surface area contributed by atoms with E-state index in [0.717, 1.165) is 37.7 Å². The molecule has 0 N–H and O–H groups in total. The first-order chi connectivity index (χ1) is 11.5. The van der Waals surface area contributed by atoms with Crippen LogP contribution in [0.3, 0.4) is 0 Å². The number of nitrogens with zero attached hydrogens (tertiary/aromatic N) is 2. The first kappa shape index (κ1) is 17.2. The van der Waals surface area contributed by atoms with E-state index in [4.69, 9.17) is 11.6 Å². The predicted octanol–water partition coefficient (Wildman–Crippen LogP) is 2.18. The fourth-order valence-corrected chi connectivity index (χ4v) is 3.87. The topological polar surface area (TPSA) is 49.9 Å². The highest BCUT2D eigenvalue weighted by atomic mass is 35.5. The van der Waals surface area contributed by atoms with Crippen molar-refractivity contribution in [2.75, 3.05) is 33.3 Å². The normalized spacial score (nSPS) is 23.3. The fraction of sp³-hybridized carbons (Fsp3) is 0.556. The zero-order valence-electron chi connectivity index (χ0n) is 13.9. The van der Waals surface area contributed by atoms with E-state index in [1.165, 1.54) is 12.7 Å². The number of fused-ring (bicyclic) bond motifs is 1. The zero-order chi connectivity index (χ0) is 17.1. The van der Waals surface area contributed by atoms with Crippen LogP contribution in [0, 0.1) is 11.8 Å². The van der Waals surface area contributed by atoms with Crippen LogP contribution in [0.1, 0.15) is 18.4 Å². The fourth-order valence-electron chi connectivity index (χ4n) is 3.74. The van der Waals surface area contributed by atoms with Crippen molar-refractivity contribution in [3.05, 3.63) is 34.9 Å². The van der Waals surface area contributed by atoms with Crippen LogP contribution >= 0.6 is 11.6 Å². The molecule has 2 aliphatic rings. The molecule has 6 heteroatoms. The largest absolute Gasteiger partial charge is 0.469 e. The summed E-state index contributed by atoms with van der Waals surface area (Å²) in [4.78, 5) is 27.7. The smallest absolute Gasteiger partial charge is 0.306 e. The van der Waals surface area contributed by atoms with E-state index >= 15 is 0 Å². The van der Waals surface area contributed by atoms with E-state index in [1.807, 2.05) is 17.0 Å². The van der Waals surface area contributed by atoms with Crippen LogP contribution in [0.5, 0.6) is 0 Å². The molecule has 0 aliphatic carbocycles. The van der Waals surface area contributed by atoms with Gasteiger partial charge in [0.2, 0.25) is 5.91 Å². The molecular formula is C18H23ClN2O3. The third-order valence-electron chi connectivity index (χ3n) is 5.00. The minimum atomic E-state index is -0.322. The molecule has 2 aliphatic heterocycles. The Morgan fingerprint density at radius 2 is 1.71 bits per heavy atom. The number of benzene rings is 1. The summed E-state index contributed by atoms with van der Waals surface area (Å²) < 4.78 is 4.59. The number of halogens is 1. The SMILES string of the molecule is COC(=O)CCC(=O)N1C[C@H]2CN(Cc3ccc(Cl)cc3)C[C@@H]2C1. The second-order valence-corrected chi connectivity index (χ2v) is 7.15. The highest BCUT2D eigenvalue weighted by Gasteiger charge is 2.41. The van der Waals surface area contributed by atoms with Crippen molar-refractivity contribution in [3.63, 3.8) is 0 Å². The molecule has 0 bridgehead atoms. The Hall–Kier alpha value is -1.59. The molecule has 2 heterocycles. The third-order valence-corrected chi connectivity index (χ3v) is 5.26. The Morgan fingerprint density at radius 1 is 1.08 bits per heavy atom. The van der Waals surface area contributed by atoms with Gasteiger partial charge in [-0.05, 0) is 29.5 Å². The average molecular weight is 351 g/mol. The van der Waals surface area contributed by atoms with Gasteiger partial charge in [-0.15, -0.1) is 0 Å². The van der Waals surface area contributed by atoms with Gasteiger partial charge in [0.25, 0.3) is 0 Å². The monoisotopic (exact) mass is 350 g/mol. The lowest BCUT2D eigenvalue weighted by molar-refractivity contribution is -0.143. The van der Waals surface area contributed by atoms with Crippen molar-refractivity contribution in [2.45, 2.75) is 19.4 Å². The summed E-state index contributed by atoms with van der Waals surface area (Å²) in [6.45, 7) is 4.59. The summed E-state index contributed by atoms with van der Waals surface area (Å²) in [7, 11) is 1.35. The number of hydrogen-bond donors (Lipinski definition) is 0. The van der Waals surface area contributed by atoms with Crippen molar-refractivity contribution in [2.24, 2.45) is 11.8 Å². The maximum absolute atomic E-state index is 12.2. The molecule has 1 aromatic rings. The third kappa shape index (κ3) is 4.08. The van der Waals surface area contributed by atoms with E-state index in [1.54, 1.807) is 0 Å². The Morgan fingerprint density at radius 3 is 2.29 bits per heavy atom. The van der Waals surface area contributed by atoms with Crippen molar-refractivity contribution in [1.82, 2.24) is 9.80 Å². The lowest BCUT2D eigenvalue weighted by Crippen LogP contribution is -2.33. The van der Waals surface area contributed by atoms with E-state index < -0.39 is 0 Å². The number of carbonyl (C=O) groups is 2. The number of likely N-dealkylation sites (tertiary alicyclic amines) is 2. The quantitative estimate of drug-likeness (QED) is 0.764. The van der Waals surface area contributed by atoms with Crippen LogP contribution < -0.4 is 0 Å². The number of amides is 1. The molecule has 5 nitrogen and oxygen atoms in total. The molecule has 24 heavy (non-hydrogen) atoms. The molecule has 3 rings (SSSR count). The van der Waals surface area contributed by atoms with Crippen molar-refractivity contribution in [1.29, 1.82) is 0 Å². The first-order valence-electron chi connectivity index (χ1n) is 8.36. The highest BCUT2D eigenvalue weighted by Crippen LogP contribution is 2.32. The van der Waals surface area contributed by atoms with Gasteiger partial charge in [-0.25, -0.2) is 0 Å². The van der Waals surface area contributed by atoms with Crippen LogP contribution in [0.2, 0.25) is 5.02 Å². The number of ether oxygens (including phenoxy) is 1. The molecule has 0 saturated carbocycles. The van der Waals surface area contributed by atoms with Gasteiger partial charge in [0, 0.05) is 44.2 Å². The molecule has 2 saturated heterocycles. The number of esters is 1. The first-order valence-corrected chi connectivity index (χ1v) is 8.74.